The highest BCUT2D eigenvalue weighted by molar-refractivity contribution is 5.93. The normalized spacial score (nSPS) is 12.5. The molecule has 3 rings (SSSR count). The molecule has 22 heavy (non-hydrogen) atoms. The molecule has 3 N–H and O–H groups in total. The van der Waals surface area contributed by atoms with Crippen LogP contribution in [0.15, 0.2) is 35.4 Å². The Morgan fingerprint density at radius 3 is 2.73 bits per heavy atom. The lowest BCUT2D eigenvalue weighted by Crippen LogP contribution is -2.19. The summed E-state index contributed by atoms with van der Waals surface area (Å²) in [6, 6.07) is 6.94. The van der Waals surface area contributed by atoms with Crippen molar-refractivity contribution in [2.24, 2.45) is 14.1 Å². The Hall–Kier alpha value is -2.83. The van der Waals surface area contributed by atoms with Crippen LogP contribution in [0.2, 0.25) is 0 Å². The van der Waals surface area contributed by atoms with Crippen molar-refractivity contribution in [1.29, 1.82) is 0 Å². The van der Waals surface area contributed by atoms with Crippen molar-refractivity contribution in [2.75, 3.05) is 11.1 Å². The van der Waals surface area contributed by atoms with Gasteiger partial charge in [0.2, 0.25) is 0 Å². The second-order valence-electron chi connectivity index (χ2n) is 5.37. The molecule has 0 bridgehead atoms. The summed E-state index contributed by atoms with van der Waals surface area (Å²) in [5.74, 6) is 0.667. The van der Waals surface area contributed by atoms with Gasteiger partial charge in [0.25, 0.3) is 5.56 Å². The van der Waals surface area contributed by atoms with Crippen molar-refractivity contribution in [3.05, 3.63) is 46.8 Å². The summed E-state index contributed by atoms with van der Waals surface area (Å²) in [5.41, 5.74) is 8.00. The molecule has 1 unspecified atom stereocenters. The molecule has 2 aromatic heterocycles. The number of fused-ring (bicyclic) bond motifs is 1. The van der Waals surface area contributed by atoms with Gasteiger partial charge in [-0.25, -0.2) is 4.98 Å². The van der Waals surface area contributed by atoms with Gasteiger partial charge in [-0.1, -0.05) is 0 Å². The molecule has 0 aliphatic heterocycles. The average Bonchev–Trinajstić information content (AvgIpc) is 2.91. The van der Waals surface area contributed by atoms with E-state index in [0.717, 1.165) is 16.6 Å². The number of hydrogen-bond acceptors (Lipinski definition) is 5. The van der Waals surface area contributed by atoms with Crippen LogP contribution in [0.3, 0.4) is 0 Å². The molecule has 0 saturated heterocycles. The highest BCUT2D eigenvalue weighted by atomic mass is 16.1. The number of aromatic nitrogens is 4. The first kappa shape index (κ1) is 14.1. The molecular formula is C15H18N6O. The van der Waals surface area contributed by atoms with E-state index >= 15 is 0 Å². The number of nitrogens with zero attached hydrogens (tertiary/aromatic N) is 4. The Balaban J connectivity index is 2.08. The maximum absolute atomic E-state index is 12.1. The van der Waals surface area contributed by atoms with Crippen LogP contribution >= 0.6 is 0 Å². The summed E-state index contributed by atoms with van der Waals surface area (Å²) in [5, 5.41) is 8.48. The van der Waals surface area contributed by atoms with Crippen LogP contribution in [0.1, 0.15) is 18.8 Å². The summed E-state index contributed by atoms with van der Waals surface area (Å²) in [6.07, 6.45) is 1.65. The third-order valence-corrected chi connectivity index (χ3v) is 3.65. The topological polar surface area (TPSA) is 90.8 Å². The number of nitrogen functional groups attached to an aromatic ring is 1. The Morgan fingerprint density at radius 2 is 2.05 bits per heavy atom. The Bertz CT molecular complexity index is 895. The van der Waals surface area contributed by atoms with Gasteiger partial charge in [-0.2, -0.15) is 5.10 Å². The van der Waals surface area contributed by atoms with E-state index in [4.69, 9.17) is 5.73 Å². The Kier molecular flexibility index (Phi) is 3.32. The highest BCUT2D eigenvalue weighted by Gasteiger charge is 2.13. The fraction of sp³-hybridized carbons (Fsp3) is 0.267. The third-order valence-electron chi connectivity index (χ3n) is 3.65. The van der Waals surface area contributed by atoms with E-state index in [1.54, 1.807) is 34.8 Å². The van der Waals surface area contributed by atoms with E-state index in [1.165, 1.54) is 0 Å². The van der Waals surface area contributed by atoms with E-state index in [1.807, 2.05) is 26.1 Å². The largest absolute Gasteiger partial charge is 0.399 e. The van der Waals surface area contributed by atoms with Gasteiger partial charge >= 0.3 is 0 Å². The van der Waals surface area contributed by atoms with Crippen LogP contribution in [-0.2, 0) is 14.1 Å². The second-order valence-corrected chi connectivity index (χ2v) is 5.37. The van der Waals surface area contributed by atoms with Gasteiger partial charge in [0.1, 0.15) is 6.33 Å². The zero-order valence-electron chi connectivity index (χ0n) is 12.7. The van der Waals surface area contributed by atoms with Crippen LogP contribution in [0.25, 0.3) is 10.9 Å². The van der Waals surface area contributed by atoms with E-state index in [9.17, 15) is 4.79 Å². The molecule has 2 heterocycles. The minimum Gasteiger partial charge on any atom is -0.399 e. The van der Waals surface area contributed by atoms with Gasteiger partial charge in [-0.15, -0.1) is 0 Å². The van der Waals surface area contributed by atoms with Crippen LogP contribution in [0.5, 0.6) is 0 Å². The highest BCUT2D eigenvalue weighted by Crippen LogP contribution is 2.26. The number of rotatable bonds is 3. The van der Waals surface area contributed by atoms with E-state index in [0.29, 0.717) is 11.5 Å². The Morgan fingerprint density at radius 1 is 1.27 bits per heavy atom. The summed E-state index contributed by atoms with van der Waals surface area (Å²) in [4.78, 5) is 16.3. The van der Waals surface area contributed by atoms with Crippen LogP contribution in [-0.4, -0.2) is 19.3 Å². The molecule has 7 nitrogen and oxygen atoms in total. The molecule has 0 spiro atoms. The lowest BCUT2D eigenvalue weighted by atomic mass is 10.1. The zero-order chi connectivity index (χ0) is 15.9. The number of nitrogens with two attached hydrogens (primary N) is 1. The molecular weight excluding hydrogens is 280 g/mol. The number of aryl methyl sites for hydroxylation is 2. The maximum Gasteiger partial charge on any atom is 0.252 e. The van der Waals surface area contributed by atoms with Gasteiger partial charge in [-0.3, -0.25) is 9.48 Å². The lowest BCUT2D eigenvalue weighted by Gasteiger charge is -2.16. The molecule has 0 fully saturated rings. The third kappa shape index (κ3) is 2.41. The SMILES string of the molecule is CC(Nc1cc(=O)n(C)c2ccc(N)cc12)c1ncn(C)n1. The second kappa shape index (κ2) is 5.18. The maximum atomic E-state index is 12.1. The van der Waals surface area contributed by atoms with Crippen molar-refractivity contribution >= 4 is 22.3 Å². The molecule has 0 aliphatic rings. The minimum atomic E-state index is -0.127. The summed E-state index contributed by atoms with van der Waals surface area (Å²) in [6.45, 7) is 1.95. The summed E-state index contributed by atoms with van der Waals surface area (Å²) >= 11 is 0. The summed E-state index contributed by atoms with van der Waals surface area (Å²) in [7, 11) is 3.56. The monoisotopic (exact) mass is 298 g/mol. The molecule has 0 amide bonds. The van der Waals surface area contributed by atoms with Crippen molar-refractivity contribution < 1.29 is 0 Å². The van der Waals surface area contributed by atoms with Crippen LogP contribution in [0, 0.1) is 0 Å². The number of nitrogens with one attached hydrogen (secondary N) is 1. The number of benzene rings is 1. The van der Waals surface area contributed by atoms with Gasteiger partial charge in [-0.05, 0) is 25.1 Å². The van der Waals surface area contributed by atoms with Crippen LogP contribution in [0.4, 0.5) is 11.4 Å². The van der Waals surface area contributed by atoms with Crippen molar-refractivity contribution in [1.82, 2.24) is 19.3 Å². The number of pyridine rings is 1. The van der Waals surface area contributed by atoms with Crippen molar-refractivity contribution in [3.63, 3.8) is 0 Å². The first-order valence-electron chi connectivity index (χ1n) is 6.97. The van der Waals surface area contributed by atoms with Crippen molar-refractivity contribution in [2.45, 2.75) is 13.0 Å². The number of hydrogen-bond donors (Lipinski definition) is 2. The zero-order valence-corrected chi connectivity index (χ0v) is 12.7. The average molecular weight is 298 g/mol. The molecule has 0 aliphatic carbocycles. The molecule has 7 heteroatoms. The summed E-state index contributed by atoms with van der Waals surface area (Å²) < 4.78 is 3.25. The lowest BCUT2D eigenvalue weighted by molar-refractivity contribution is 0.715. The van der Waals surface area contributed by atoms with E-state index in [2.05, 4.69) is 15.4 Å². The Labute approximate surface area is 127 Å². The first-order valence-corrected chi connectivity index (χ1v) is 6.97. The van der Waals surface area contributed by atoms with Crippen LogP contribution < -0.4 is 16.6 Å². The predicted octanol–water partition coefficient (Wildman–Crippen LogP) is 1.42. The number of anilines is 2. The van der Waals surface area contributed by atoms with Gasteiger partial charge < -0.3 is 15.6 Å². The standard InChI is InChI=1S/C15H18N6O/c1-9(15-17-8-20(2)19-15)18-12-7-14(22)21(3)13-5-4-10(16)6-11(12)13/h4-9,18H,16H2,1-3H3. The molecule has 0 radical (unpaired) electrons. The molecule has 0 saturated carbocycles. The van der Waals surface area contributed by atoms with E-state index in [-0.39, 0.29) is 11.6 Å². The molecule has 114 valence electrons. The predicted molar refractivity (Wildman–Crippen MR) is 86.6 cm³/mol. The molecule has 3 aromatic rings. The van der Waals surface area contributed by atoms with Crippen molar-refractivity contribution in [3.8, 4) is 0 Å². The fourth-order valence-electron chi connectivity index (χ4n) is 2.45. The fourth-order valence-corrected chi connectivity index (χ4v) is 2.45. The minimum absolute atomic E-state index is 0.0825. The van der Waals surface area contributed by atoms with E-state index < -0.39 is 0 Å². The quantitative estimate of drug-likeness (QED) is 0.714. The molecule has 1 aromatic carbocycles. The van der Waals surface area contributed by atoms with Gasteiger partial charge in [0.15, 0.2) is 5.82 Å². The smallest absolute Gasteiger partial charge is 0.252 e. The van der Waals surface area contributed by atoms with Gasteiger partial charge in [0, 0.05) is 36.9 Å². The van der Waals surface area contributed by atoms with Gasteiger partial charge in [0.05, 0.1) is 11.6 Å². The first-order chi connectivity index (χ1) is 10.5. The molecule has 1 atom stereocenters.